The van der Waals surface area contributed by atoms with Crippen LogP contribution in [0.5, 0.6) is 11.5 Å². The molecule has 0 aliphatic rings. The van der Waals surface area contributed by atoms with Crippen molar-refractivity contribution < 1.29 is 19.1 Å². The van der Waals surface area contributed by atoms with E-state index in [0.29, 0.717) is 22.5 Å². The lowest BCUT2D eigenvalue weighted by Crippen LogP contribution is -2.22. The summed E-state index contributed by atoms with van der Waals surface area (Å²) in [7, 11) is 4.92. The van der Waals surface area contributed by atoms with E-state index in [1.807, 2.05) is 38.1 Å². The van der Waals surface area contributed by atoms with Gasteiger partial charge in [-0.2, -0.15) is 0 Å². The molecule has 2 aromatic carbocycles. The number of hydrogen-bond acceptors (Lipinski definition) is 7. The van der Waals surface area contributed by atoms with Crippen LogP contribution in [0.4, 0.5) is 5.69 Å². The van der Waals surface area contributed by atoms with E-state index >= 15 is 0 Å². The van der Waals surface area contributed by atoms with Gasteiger partial charge in [-0.1, -0.05) is 36.0 Å². The number of para-hydroxylation sites is 1. The Morgan fingerprint density at radius 1 is 1.06 bits per heavy atom. The van der Waals surface area contributed by atoms with E-state index in [0.717, 1.165) is 22.4 Å². The maximum absolute atomic E-state index is 12.4. The van der Waals surface area contributed by atoms with Crippen LogP contribution >= 0.6 is 11.8 Å². The molecule has 10 heteroatoms. The van der Waals surface area contributed by atoms with Crippen molar-refractivity contribution in [1.29, 1.82) is 0 Å². The highest BCUT2D eigenvalue weighted by Gasteiger charge is 2.13. The SMILES string of the molecule is COc1ccc(/C=C/C(=O)NCc2nnc(SCC(=O)Nc3c(C)cccc3C)n2C)cc1OC. The number of nitrogens with zero attached hydrogens (tertiary/aromatic N) is 3. The Labute approximate surface area is 208 Å². The lowest BCUT2D eigenvalue weighted by molar-refractivity contribution is -0.116. The number of carbonyl (C=O) groups excluding carboxylic acids is 2. The van der Waals surface area contributed by atoms with Crippen molar-refractivity contribution in [3.8, 4) is 11.5 Å². The van der Waals surface area contributed by atoms with E-state index in [1.54, 1.807) is 44.0 Å². The van der Waals surface area contributed by atoms with E-state index in [9.17, 15) is 9.59 Å². The molecule has 0 saturated heterocycles. The molecule has 0 aliphatic carbocycles. The maximum Gasteiger partial charge on any atom is 0.244 e. The lowest BCUT2D eigenvalue weighted by Gasteiger charge is -2.11. The number of hydrogen-bond donors (Lipinski definition) is 2. The van der Waals surface area contributed by atoms with Gasteiger partial charge >= 0.3 is 0 Å². The average molecular weight is 496 g/mol. The number of benzene rings is 2. The second-order valence-electron chi connectivity index (χ2n) is 7.73. The first kappa shape index (κ1) is 25.8. The molecule has 184 valence electrons. The Kier molecular flexibility index (Phi) is 8.91. The number of amides is 2. The number of anilines is 1. The van der Waals surface area contributed by atoms with Crippen molar-refractivity contribution >= 4 is 35.3 Å². The van der Waals surface area contributed by atoms with Crippen molar-refractivity contribution in [1.82, 2.24) is 20.1 Å². The van der Waals surface area contributed by atoms with Gasteiger partial charge in [0.2, 0.25) is 11.8 Å². The maximum atomic E-state index is 12.4. The van der Waals surface area contributed by atoms with Crippen LogP contribution < -0.4 is 20.1 Å². The minimum absolute atomic E-state index is 0.120. The van der Waals surface area contributed by atoms with Gasteiger partial charge in [-0.3, -0.25) is 9.59 Å². The third-order valence-electron chi connectivity index (χ3n) is 5.26. The van der Waals surface area contributed by atoms with E-state index in [2.05, 4.69) is 20.8 Å². The Balaban J connectivity index is 1.51. The van der Waals surface area contributed by atoms with Gasteiger partial charge in [0, 0.05) is 18.8 Å². The van der Waals surface area contributed by atoms with Crippen LogP contribution in [-0.4, -0.2) is 46.6 Å². The van der Waals surface area contributed by atoms with Gasteiger partial charge < -0.3 is 24.7 Å². The molecule has 0 saturated carbocycles. The summed E-state index contributed by atoms with van der Waals surface area (Å²) in [5.74, 6) is 1.58. The molecule has 0 spiro atoms. The van der Waals surface area contributed by atoms with Crippen LogP contribution in [0, 0.1) is 13.8 Å². The number of ether oxygens (including phenoxy) is 2. The molecule has 0 radical (unpaired) electrons. The molecule has 2 N–H and O–H groups in total. The minimum atomic E-state index is -0.273. The average Bonchev–Trinajstić information content (AvgIpc) is 3.21. The van der Waals surface area contributed by atoms with Gasteiger partial charge in [-0.15, -0.1) is 10.2 Å². The molecule has 35 heavy (non-hydrogen) atoms. The molecule has 9 nitrogen and oxygen atoms in total. The Morgan fingerprint density at radius 2 is 1.77 bits per heavy atom. The number of carbonyl (C=O) groups is 2. The second kappa shape index (κ2) is 12.1. The highest BCUT2D eigenvalue weighted by atomic mass is 32.2. The third-order valence-corrected chi connectivity index (χ3v) is 6.28. The van der Waals surface area contributed by atoms with Crippen molar-refractivity contribution in [2.45, 2.75) is 25.5 Å². The summed E-state index contributed by atoms with van der Waals surface area (Å²) in [6, 6.07) is 11.3. The Morgan fingerprint density at radius 3 is 2.46 bits per heavy atom. The predicted molar refractivity (Wildman–Crippen MR) is 137 cm³/mol. The lowest BCUT2D eigenvalue weighted by atomic mass is 10.1. The molecule has 0 aliphatic heterocycles. The van der Waals surface area contributed by atoms with Crippen molar-refractivity contribution in [3.05, 3.63) is 65.0 Å². The summed E-state index contributed by atoms with van der Waals surface area (Å²) in [5.41, 5.74) is 3.66. The van der Waals surface area contributed by atoms with Gasteiger partial charge in [0.25, 0.3) is 0 Å². The van der Waals surface area contributed by atoms with Crippen molar-refractivity contribution in [3.63, 3.8) is 0 Å². The van der Waals surface area contributed by atoms with Gasteiger partial charge in [0.15, 0.2) is 22.5 Å². The first-order chi connectivity index (χ1) is 16.8. The summed E-state index contributed by atoms with van der Waals surface area (Å²) in [5, 5.41) is 14.6. The minimum Gasteiger partial charge on any atom is -0.493 e. The molecule has 3 rings (SSSR count). The molecule has 1 heterocycles. The van der Waals surface area contributed by atoms with Gasteiger partial charge in [-0.05, 0) is 48.7 Å². The fourth-order valence-electron chi connectivity index (χ4n) is 3.30. The predicted octanol–water partition coefficient (Wildman–Crippen LogP) is 3.51. The summed E-state index contributed by atoms with van der Waals surface area (Å²) >= 11 is 1.28. The van der Waals surface area contributed by atoms with Crippen LogP contribution in [0.15, 0.2) is 47.6 Å². The third kappa shape index (κ3) is 6.86. The number of aryl methyl sites for hydroxylation is 2. The zero-order valence-electron chi connectivity index (χ0n) is 20.4. The quantitative estimate of drug-likeness (QED) is 0.327. The summed E-state index contributed by atoms with van der Waals surface area (Å²) < 4.78 is 12.3. The molecular weight excluding hydrogens is 466 g/mol. The topological polar surface area (TPSA) is 107 Å². The smallest absolute Gasteiger partial charge is 0.244 e. The fourth-order valence-corrected chi connectivity index (χ4v) is 4.03. The fraction of sp³-hybridized carbons (Fsp3) is 0.280. The summed E-state index contributed by atoms with van der Waals surface area (Å²) in [4.78, 5) is 24.7. The van der Waals surface area contributed by atoms with Crippen LogP contribution in [-0.2, 0) is 23.2 Å². The van der Waals surface area contributed by atoms with Crippen LogP contribution in [0.25, 0.3) is 6.08 Å². The number of aromatic nitrogens is 3. The second-order valence-corrected chi connectivity index (χ2v) is 8.67. The zero-order valence-corrected chi connectivity index (χ0v) is 21.2. The van der Waals surface area contributed by atoms with Gasteiger partial charge in [-0.25, -0.2) is 0 Å². The molecule has 3 aromatic rings. The van der Waals surface area contributed by atoms with Gasteiger partial charge in [0.05, 0.1) is 26.5 Å². The first-order valence-corrected chi connectivity index (χ1v) is 11.9. The molecule has 1 aromatic heterocycles. The van der Waals surface area contributed by atoms with E-state index in [4.69, 9.17) is 9.47 Å². The number of rotatable bonds is 10. The van der Waals surface area contributed by atoms with Crippen LogP contribution in [0.3, 0.4) is 0 Å². The molecule has 0 fully saturated rings. The normalized spacial score (nSPS) is 10.9. The van der Waals surface area contributed by atoms with E-state index in [1.165, 1.54) is 17.8 Å². The summed E-state index contributed by atoms with van der Waals surface area (Å²) in [6.07, 6.45) is 3.12. The monoisotopic (exact) mass is 495 g/mol. The Bertz CT molecular complexity index is 1220. The highest BCUT2D eigenvalue weighted by molar-refractivity contribution is 7.99. The van der Waals surface area contributed by atoms with Crippen LogP contribution in [0.2, 0.25) is 0 Å². The highest BCUT2D eigenvalue weighted by Crippen LogP contribution is 2.28. The van der Waals surface area contributed by atoms with Crippen LogP contribution in [0.1, 0.15) is 22.5 Å². The largest absolute Gasteiger partial charge is 0.493 e. The van der Waals surface area contributed by atoms with E-state index < -0.39 is 0 Å². The number of methoxy groups -OCH3 is 2. The summed E-state index contributed by atoms with van der Waals surface area (Å²) in [6.45, 7) is 4.12. The van der Waals surface area contributed by atoms with Gasteiger partial charge in [0.1, 0.15) is 0 Å². The molecule has 0 atom stereocenters. The number of thioether (sulfide) groups is 1. The van der Waals surface area contributed by atoms with E-state index in [-0.39, 0.29) is 24.1 Å². The zero-order chi connectivity index (χ0) is 25.4. The van der Waals surface area contributed by atoms with Crippen molar-refractivity contribution in [2.75, 3.05) is 25.3 Å². The first-order valence-electron chi connectivity index (χ1n) is 10.9. The molecule has 0 unspecified atom stereocenters. The molecular formula is C25H29N5O4S. The van der Waals surface area contributed by atoms with Crippen molar-refractivity contribution in [2.24, 2.45) is 7.05 Å². The standard InChI is InChI=1S/C25H29N5O4S/c1-16-7-6-8-17(2)24(16)27-23(32)15-35-25-29-28-21(30(25)3)14-26-22(31)12-10-18-9-11-19(33-4)20(13-18)34-5/h6-13H,14-15H2,1-5H3,(H,26,31)(H,27,32)/b12-10+. The molecule has 2 amide bonds. The number of nitrogens with one attached hydrogen (secondary N) is 2. The Hall–Kier alpha value is -3.79. The molecule has 0 bridgehead atoms.